The number of thiazole rings is 1. The topological polar surface area (TPSA) is 79.3 Å². The molecule has 2 atom stereocenters. The second-order valence-electron chi connectivity index (χ2n) is 7.32. The van der Waals surface area contributed by atoms with Crippen LogP contribution in [0.5, 0.6) is 0 Å². The second kappa shape index (κ2) is 7.43. The molecule has 2 unspecified atom stereocenters. The number of amides is 1. The van der Waals surface area contributed by atoms with Gasteiger partial charge in [0.2, 0.25) is 5.91 Å². The van der Waals surface area contributed by atoms with Crippen LogP contribution in [0.3, 0.4) is 0 Å². The summed E-state index contributed by atoms with van der Waals surface area (Å²) >= 11 is 1.63. The predicted molar refractivity (Wildman–Crippen MR) is 90.6 cm³/mol. The summed E-state index contributed by atoms with van der Waals surface area (Å²) in [6, 6.07) is 0. The summed E-state index contributed by atoms with van der Waals surface area (Å²) in [4.78, 5) is 27.9. The maximum atomic E-state index is 12.2. The number of carbonyl (C=O) groups excluding carboxylic acids is 1. The number of carboxylic acids is 1. The van der Waals surface area contributed by atoms with E-state index >= 15 is 0 Å². The van der Waals surface area contributed by atoms with E-state index in [1.165, 1.54) is 0 Å². The molecule has 5 nitrogen and oxygen atoms in total. The van der Waals surface area contributed by atoms with Crippen molar-refractivity contribution in [3.8, 4) is 0 Å². The van der Waals surface area contributed by atoms with E-state index in [1.54, 1.807) is 11.3 Å². The Balaban J connectivity index is 1.78. The Bertz CT molecular complexity index is 562. The Labute approximate surface area is 141 Å². The van der Waals surface area contributed by atoms with Gasteiger partial charge in [0.1, 0.15) is 0 Å². The first-order chi connectivity index (χ1) is 10.8. The smallest absolute Gasteiger partial charge is 0.306 e. The van der Waals surface area contributed by atoms with Crippen LogP contribution >= 0.6 is 11.3 Å². The zero-order chi connectivity index (χ0) is 17.0. The van der Waals surface area contributed by atoms with Crippen molar-refractivity contribution >= 4 is 23.2 Å². The Hall–Kier alpha value is -1.43. The first kappa shape index (κ1) is 17.9. The van der Waals surface area contributed by atoms with E-state index < -0.39 is 5.97 Å². The van der Waals surface area contributed by atoms with Gasteiger partial charge in [0.05, 0.1) is 16.6 Å². The predicted octanol–water partition coefficient (Wildman–Crippen LogP) is 2.99. The Morgan fingerprint density at radius 3 is 2.65 bits per heavy atom. The molecule has 1 amide bonds. The highest BCUT2D eigenvalue weighted by atomic mass is 32.1. The summed E-state index contributed by atoms with van der Waals surface area (Å²) in [5.41, 5.74) is 1.13. The summed E-state index contributed by atoms with van der Waals surface area (Å²) in [7, 11) is 0. The lowest BCUT2D eigenvalue weighted by molar-refractivity contribution is -0.144. The SMILES string of the molecule is CC(C)(C)c1csc(CCNC(=O)C2CCCC(C(=O)O)C2)n1. The monoisotopic (exact) mass is 338 g/mol. The van der Waals surface area contributed by atoms with Gasteiger partial charge in [-0.15, -0.1) is 11.3 Å². The third-order valence-corrected chi connectivity index (χ3v) is 5.26. The molecule has 2 N–H and O–H groups in total. The quantitative estimate of drug-likeness (QED) is 0.865. The average Bonchev–Trinajstić information content (AvgIpc) is 2.96. The standard InChI is InChI=1S/C17H26N2O3S/c1-17(2,3)13-10-23-14(19-13)7-8-18-15(20)11-5-4-6-12(9-11)16(21)22/h10-12H,4-9H2,1-3H3,(H,18,20)(H,21,22). The number of hydrogen-bond donors (Lipinski definition) is 2. The molecule has 1 fully saturated rings. The van der Waals surface area contributed by atoms with E-state index in [1.807, 2.05) is 0 Å². The van der Waals surface area contributed by atoms with E-state index in [0.29, 0.717) is 19.4 Å². The average molecular weight is 338 g/mol. The van der Waals surface area contributed by atoms with Gasteiger partial charge in [0.15, 0.2) is 0 Å². The van der Waals surface area contributed by atoms with Gasteiger partial charge in [-0.25, -0.2) is 4.98 Å². The van der Waals surface area contributed by atoms with Gasteiger partial charge in [-0.2, -0.15) is 0 Å². The largest absolute Gasteiger partial charge is 0.481 e. The molecule has 6 heteroatoms. The highest BCUT2D eigenvalue weighted by Gasteiger charge is 2.30. The van der Waals surface area contributed by atoms with E-state index in [9.17, 15) is 9.59 Å². The number of nitrogens with zero attached hydrogens (tertiary/aromatic N) is 1. The maximum absolute atomic E-state index is 12.2. The van der Waals surface area contributed by atoms with Crippen LogP contribution in [0.1, 0.15) is 57.2 Å². The first-order valence-electron chi connectivity index (χ1n) is 8.23. The minimum Gasteiger partial charge on any atom is -0.481 e. The van der Waals surface area contributed by atoms with Gasteiger partial charge in [-0.05, 0) is 19.3 Å². The van der Waals surface area contributed by atoms with E-state index in [4.69, 9.17) is 5.11 Å². The van der Waals surface area contributed by atoms with Gasteiger partial charge in [0.25, 0.3) is 0 Å². The molecule has 0 aromatic carbocycles. The number of rotatable bonds is 5. The molecule has 0 radical (unpaired) electrons. The highest BCUT2D eigenvalue weighted by Crippen LogP contribution is 2.29. The zero-order valence-corrected chi connectivity index (χ0v) is 14.9. The lowest BCUT2D eigenvalue weighted by atomic mass is 9.81. The third-order valence-electron chi connectivity index (χ3n) is 4.35. The zero-order valence-electron chi connectivity index (χ0n) is 14.1. The van der Waals surface area contributed by atoms with Crippen LogP contribution in [0.2, 0.25) is 0 Å². The molecule has 0 spiro atoms. The highest BCUT2D eigenvalue weighted by molar-refractivity contribution is 7.09. The van der Waals surface area contributed by atoms with Crippen LogP contribution in [-0.2, 0) is 21.4 Å². The summed E-state index contributed by atoms with van der Waals surface area (Å²) in [5, 5.41) is 15.1. The molecule has 1 aromatic rings. The van der Waals surface area contributed by atoms with Crippen molar-refractivity contribution in [2.45, 2.75) is 58.3 Å². The fourth-order valence-electron chi connectivity index (χ4n) is 2.86. The Morgan fingerprint density at radius 2 is 2.04 bits per heavy atom. The number of hydrogen-bond acceptors (Lipinski definition) is 4. The number of carbonyl (C=O) groups is 2. The molecule has 0 aliphatic heterocycles. The number of carboxylic acid groups (broad SMARTS) is 1. The van der Waals surface area contributed by atoms with Crippen molar-refractivity contribution in [2.75, 3.05) is 6.54 Å². The number of aromatic nitrogens is 1. The van der Waals surface area contributed by atoms with Gasteiger partial charge in [-0.1, -0.05) is 27.2 Å². The van der Waals surface area contributed by atoms with E-state index in [-0.39, 0.29) is 23.2 Å². The molecule has 1 aliphatic rings. The molecule has 23 heavy (non-hydrogen) atoms. The summed E-state index contributed by atoms with van der Waals surface area (Å²) in [5.74, 6) is -1.32. The minimum atomic E-state index is -0.778. The molecule has 0 bridgehead atoms. The van der Waals surface area contributed by atoms with E-state index in [2.05, 4.69) is 36.5 Å². The lowest BCUT2D eigenvalue weighted by Crippen LogP contribution is -2.36. The summed E-state index contributed by atoms with van der Waals surface area (Å²) < 4.78 is 0. The summed E-state index contributed by atoms with van der Waals surface area (Å²) in [6.07, 6.45) is 3.49. The summed E-state index contributed by atoms with van der Waals surface area (Å²) in [6.45, 7) is 6.96. The van der Waals surface area contributed by atoms with Crippen molar-refractivity contribution in [3.63, 3.8) is 0 Å². The van der Waals surface area contributed by atoms with Crippen LogP contribution in [0, 0.1) is 11.8 Å². The number of aliphatic carboxylic acids is 1. The molecule has 1 saturated carbocycles. The van der Waals surface area contributed by atoms with Crippen LogP contribution in [-0.4, -0.2) is 28.5 Å². The first-order valence-corrected chi connectivity index (χ1v) is 9.10. The van der Waals surface area contributed by atoms with Crippen LogP contribution < -0.4 is 5.32 Å². The van der Waals surface area contributed by atoms with E-state index in [0.717, 1.165) is 30.0 Å². The fraction of sp³-hybridized carbons (Fsp3) is 0.706. The van der Waals surface area contributed by atoms with Crippen LogP contribution in [0.15, 0.2) is 5.38 Å². The molecule has 1 heterocycles. The third kappa shape index (κ3) is 5.03. The van der Waals surface area contributed by atoms with Crippen LogP contribution in [0.4, 0.5) is 0 Å². The number of nitrogens with one attached hydrogen (secondary N) is 1. The molecule has 2 rings (SSSR count). The van der Waals surface area contributed by atoms with Crippen molar-refractivity contribution in [2.24, 2.45) is 11.8 Å². The Morgan fingerprint density at radius 1 is 1.35 bits per heavy atom. The second-order valence-corrected chi connectivity index (χ2v) is 8.26. The minimum absolute atomic E-state index is 0.0106. The molecular formula is C17H26N2O3S. The normalized spacial score (nSPS) is 21.9. The van der Waals surface area contributed by atoms with Gasteiger partial charge < -0.3 is 10.4 Å². The van der Waals surface area contributed by atoms with Crippen molar-refractivity contribution in [3.05, 3.63) is 16.1 Å². The molecule has 1 aliphatic carbocycles. The van der Waals surface area contributed by atoms with Gasteiger partial charge >= 0.3 is 5.97 Å². The molecular weight excluding hydrogens is 312 g/mol. The van der Waals surface area contributed by atoms with Crippen molar-refractivity contribution < 1.29 is 14.7 Å². The lowest BCUT2D eigenvalue weighted by Gasteiger charge is -2.25. The van der Waals surface area contributed by atoms with Gasteiger partial charge in [0, 0.05) is 29.7 Å². The van der Waals surface area contributed by atoms with Crippen molar-refractivity contribution in [1.82, 2.24) is 10.3 Å². The van der Waals surface area contributed by atoms with Crippen molar-refractivity contribution in [1.29, 1.82) is 0 Å². The molecule has 128 valence electrons. The maximum Gasteiger partial charge on any atom is 0.306 e. The van der Waals surface area contributed by atoms with Crippen LogP contribution in [0.25, 0.3) is 0 Å². The van der Waals surface area contributed by atoms with Gasteiger partial charge in [-0.3, -0.25) is 9.59 Å². The molecule has 1 aromatic heterocycles. The fourth-order valence-corrected chi connectivity index (χ4v) is 3.88. The Kier molecular flexibility index (Phi) is 5.79. The molecule has 0 saturated heterocycles.